The van der Waals surface area contributed by atoms with Crippen LogP contribution in [0, 0.1) is 0 Å². The van der Waals surface area contributed by atoms with Gasteiger partial charge in [-0.05, 0) is 45.6 Å². The topological polar surface area (TPSA) is 50.8 Å². The van der Waals surface area contributed by atoms with Gasteiger partial charge in [0.2, 0.25) is 0 Å². The molecular formula is C15H28N2O3. The summed E-state index contributed by atoms with van der Waals surface area (Å²) in [7, 11) is 3.25. The zero-order chi connectivity index (χ0) is 14.6. The number of likely N-dealkylation sites (tertiary alicyclic amines) is 1. The quantitative estimate of drug-likeness (QED) is 0.711. The normalized spacial score (nSPS) is 27.1. The maximum absolute atomic E-state index is 12.1. The average molecular weight is 284 g/mol. The van der Waals surface area contributed by atoms with Gasteiger partial charge in [-0.15, -0.1) is 0 Å². The first-order valence-electron chi connectivity index (χ1n) is 7.68. The number of nitrogens with one attached hydrogen (secondary N) is 1. The second-order valence-electron chi connectivity index (χ2n) is 6.29. The molecular weight excluding hydrogens is 256 g/mol. The zero-order valence-corrected chi connectivity index (χ0v) is 13.0. The van der Waals surface area contributed by atoms with E-state index >= 15 is 0 Å². The van der Waals surface area contributed by atoms with Crippen molar-refractivity contribution < 1.29 is 14.3 Å². The van der Waals surface area contributed by atoms with E-state index in [-0.39, 0.29) is 5.97 Å². The summed E-state index contributed by atoms with van der Waals surface area (Å²) in [6.07, 6.45) is 5.77. The van der Waals surface area contributed by atoms with Crippen molar-refractivity contribution in [3.05, 3.63) is 0 Å². The molecule has 0 aromatic heterocycles. The van der Waals surface area contributed by atoms with E-state index in [1.807, 2.05) is 6.92 Å². The molecule has 0 aromatic rings. The van der Waals surface area contributed by atoms with E-state index < -0.39 is 5.54 Å². The molecule has 116 valence electrons. The van der Waals surface area contributed by atoms with Gasteiger partial charge in [0.05, 0.1) is 13.2 Å². The minimum Gasteiger partial charge on any atom is -0.468 e. The van der Waals surface area contributed by atoms with Crippen LogP contribution < -0.4 is 5.32 Å². The highest BCUT2D eigenvalue weighted by molar-refractivity contribution is 5.80. The molecule has 20 heavy (non-hydrogen) atoms. The molecule has 0 spiro atoms. The lowest BCUT2D eigenvalue weighted by atomic mass is 9.96. The Hall–Kier alpha value is -0.650. The number of carbonyl (C=O) groups excluding carboxylic acids is 1. The van der Waals surface area contributed by atoms with Gasteiger partial charge in [-0.25, -0.2) is 0 Å². The van der Waals surface area contributed by atoms with Crippen molar-refractivity contribution in [2.75, 3.05) is 33.9 Å². The summed E-state index contributed by atoms with van der Waals surface area (Å²) < 4.78 is 10.4. The van der Waals surface area contributed by atoms with E-state index in [2.05, 4.69) is 10.2 Å². The number of ether oxygens (including phenoxy) is 2. The van der Waals surface area contributed by atoms with Crippen LogP contribution in [0.25, 0.3) is 0 Å². The summed E-state index contributed by atoms with van der Waals surface area (Å²) in [5.41, 5.74) is -0.560. The molecule has 0 aromatic carbocycles. The summed E-state index contributed by atoms with van der Waals surface area (Å²) in [6, 6.07) is 0.493. The van der Waals surface area contributed by atoms with Crippen molar-refractivity contribution in [2.24, 2.45) is 0 Å². The van der Waals surface area contributed by atoms with E-state index in [0.717, 1.165) is 32.5 Å². The van der Waals surface area contributed by atoms with E-state index in [9.17, 15) is 4.79 Å². The lowest BCUT2D eigenvalue weighted by Gasteiger charge is -2.35. The maximum Gasteiger partial charge on any atom is 0.325 e. The first kappa shape index (κ1) is 15.7. The van der Waals surface area contributed by atoms with Crippen molar-refractivity contribution in [2.45, 2.75) is 56.7 Å². The SMILES string of the molecule is COC(=O)C(C)(CCN1CCCC(OC)C1)NC1CC1. The first-order chi connectivity index (χ1) is 9.57. The highest BCUT2D eigenvalue weighted by atomic mass is 16.5. The highest BCUT2D eigenvalue weighted by Gasteiger charge is 2.39. The smallest absolute Gasteiger partial charge is 0.325 e. The van der Waals surface area contributed by atoms with Gasteiger partial charge in [0.25, 0.3) is 0 Å². The molecule has 2 unspecified atom stereocenters. The van der Waals surface area contributed by atoms with Crippen LogP contribution in [0.4, 0.5) is 0 Å². The second kappa shape index (κ2) is 6.87. The molecule has 1 aliphatic carbocycles. The summed E-state index contributed by atoms with van der Waals surface area (Å²) in [4.78, 5) is 14.5. The van der Waals surface area contributed by atoms with Gasteiger partial charge in [-0.3, -0.25) is 10.1 Å². The maximum atomic E-state index is 12.1. The third kappa shape index (κ3) is 4.17. The Morgan fingerprint density at radius 3 is 2.70 bits per heavy atom. The average Bonchev–Trinajstić information content (AvgIpc) is 3.28. The summed E-state index contributed by atoms with van der Waals surface area (Å²) in [5.74, 6) is -0.148. The Labute approximate surface area is 122 Å². The molecule has 2 atom stereocenters. The van der Waals surface area contributed by atoms with Gasteiger partial charge < -0.3 is 14.4 Å². The van der Waals surface area contributed by atoms with Crippen LogP contribution >= 0.6 is 0 Å². The number of esters is 1. The number of hydrogen-bond acceptors (Lipinski definition) is 5. The molecule has 0 amide bonds. The Kier molecular flexibility index (Phi) is 5.41. The molecule has 0 radical (unpaired) electrons. The van der Waals surface area contributed by atoms with Gasteiger partial charge in [0.1, 0.15) is 5.54 Å². The predicted molar refractivity (Wildman–Crippen MR) is 77.7 cm³/mol. The number of nitrogens with zero attached hydrogens (tertiary/aromatic N) is 1. The molecule has 2 fully saturated rings. The summed E-state index contributed by atoms with van der Waals surface area (Å²) in [6.45, 7) is 4.94. The molecule has 1 N–H and O–H groups in total. The van der Waals surface area contributed by atoms with Crippen LogP contribution in [0.3, 0.4) is 0 Å². The van der Waals surface area contributed by atoms with Crippen LogP contribution in [0.5, 0.6) is 0 Å². The number of hydrogen-bond donors (Lipinski definition) is 1. The van der Waals surface area contributed by atoms with Crippen LogP contribution in [0.2, 0.25) is 0 Å². The largest absolute Gasteiger partial charge is 0.468 e. The molecule has 5 heteroatoms. The zero-order valence-electron chi connectivity index (χ0n) is 13.0. The Bertz CT molecular complexity index is 333. The van der Waals surface area contributed by atoms with Crippen LogP contribution in [0.15, 0.2) is 0 Å². The molecule has 1 heterocycles. The second-order valence-corrected chi connectivity index (χ2v) is 6.29. The molecule has 2 aliphatic rings. The third-order valence-electron chi connectivity index (χ3n) is 4.46. The van der Waals surface area contributed by atoms with Gasteiger partial charge in [0, 0.05) is 26.2 Å². The molecule has 2 rings (SSSR count). The van der Waals surface area contributed by atoms with E-state index in [1.165, 1.54) is 26.4 Å². The molecule has 5 nitrogen and oxygen atoms in total. The Balaban J connectivity index is 1.85. The lowest BCUT2D eigenvalue weighted by molar-refractivity contribution is -0.148. The molecule has 1 saturated carbocycles. The highest BCUT2D eigenvalue weighted by Crippen LogP contribution is 2.25. The van der Waals surface area contributed by atoms with Crippen molar-refractivity contribution in [1.82, 2.24) is 10.2 Å². The van der Waals surface area contributed by atoms with Gasteiger partial charge in [-0.1, -0.05) is 0 Å². The number of piperidine rings is 1. The Morgan fingerprint density at radius 1 is 1.35 bits per heavy atom. The number of methoxy groups -OCH3 is 2. The first-order valence-corrected chi connectivity index (χ1v) is 7.68. The van der Waals surface area contributed by atoms with Crippen molar-refractivity contribution in [1.29, 1.82) is 0 Å². The number of rotatable bonds is 7. The molecule has 0 bridgehead atoms. The van der Waals surface area contributed by atoms with Crippen LogP contribution in [-0.4, -0.2) is 62.4 Å². The third-order valence-corrected chi connectivity index (χ3v) is 4.46. The van der Waals surface area contributed by atoms with Gasteiger partial charge in [0.15, 0.2) is 0 Å². The van der Waals surface area contributed by atoms with E-state index in [1.54, 1.807) is 7.11 Å². The Morgan fingerprint density at radius 2 is 2.10 bits per heavy atom. The van der Waals surface area contributed by atoms with Crippen LogP contribution in [-0.2, 0) is 14.3 Å². The fraction of sp³-hybridized carbons (Fsp3) is 0.933. The van der Waals surface area contributed by atoms with Crippen molar-refractivity contribution in [3.8, 4) is 0 Å². The van der Waals surface area contributed by atoms with Gasteiger partial charge >= 0.3 is 5.97 Å². The fourth-order valence-electron chi connectivity index (χ4n) is 2.93. The van der Waals surface area contributed by atoms with E-state index in [0.29, 0.717) is 12.1 Å². The predicted octanol–water partition coefficient (Wildman–Crippen LogP) is 1.17. The summed E-state index contributed by atoms with van der Waals surface area (Å²) >= 11 is 0. The standard InChI is InChI=1S/C15H28N2O3/c1-15(14(18)20-3,16-12-6-7-12)8-10-17-9-4-5-13(11-17)19-2/h12-13,16H,4-11H2,1-3H3. The fourth-order valence-corrected chi connectivity index (χ4v) is 2.93. The van der Waals surface area contributed by atoms with Gasteiger partial charge in [-0.2, -0.15) is 0 Å². The van der Waals surface area contributed by atoms with Crippen LogP contribution in [0.1, 0.15) is 39.0 Å². The molecule has 1 aliphatic heterocycles. The monoisotopic (exact) mass is 284 g/mol. The van der Waals surface area contributed by atoms with Crippen molar-refractivity contribution >= 4 is 5.97 Å². The number of carbonyl (C=O) groups is 1. The minimum absolute atomic E-state index is 0.148. The summed E-state index contributed by atoms with van der Waals surface area (Å²) in [5, 5.41) is 3.45. The molecule has 1 saturated heterocycles. The van der Waals surface area contributed by atoms with E-state index in [4.69, 9.17) is 9.47 Å². The van der Waals surface area contributed by atoms with Crippen molar-refractivity contribution in [3.63, 3.8) is 0 Å². The minimum atomic E-state index is -0.560. The lowest BCUT2D eigenvalue weighted by Crippen LogP contribution is -2.53.